The number of aromatic hydroxyl groups is 1. The fraction of sp³-hybridized carbons (Fsp3) is 0.500. The Kier molecular flexibility index (Phi) is 3.29. The van der Waals surface area contributed by atoms with E-state index in [-0.39, 0.29) is 17.9 Å². The van der Waals surface area contributed by atoms with E-state index < -0.39 is 0 Å². The molecule has 1 amide bonds. The van der Waals surface area contributed by atoms with Gasteiger partial charge in [0.2, 0.25) is 0 Å². The normalized spacial score (nSPS) is 27.4. The zero-order valence-corrected chi connectivity index (χ0v) is 10.7. The van der Waals surface area contributed by atoms with Gasteiger partial charge in [-0.05, 0) is 31.5 Å². The molecule has 0 radical (unpaired) electrons. The van der Waals surface area contributed by atoms with Gasteiger partial charge in [-0.15, -0.1) is 0 Å². The lowest BCUT2D eigenvalue weighted by molar-refractivity contribution is 0.0942. The topological polar surface area (TPSA) is 61.8 Å². The number of nitrogens with zero attached hydrogens (tertiary/aromatic N) is 1. The molecule has 2 aliphatic heterocycles. The van der Waals surface area contributed by atoms with E-state index in [1.807, 2.05) is 0 Å². The van der Waals surface area contributed by atoms with Crippen LogP contribution in [-0.2, 0) is 4.74 Å². The molecule has 102 valence electrons. The fourth-order valence-electron chi connectivity index (χ4n) is 2.82. The number of amides is 1. The fourth-order valence-corrected chi connectivity index (χ4v) is 2.82. The standard InChI is InChI=1S/C14H18N2O3/c17-12-6-2-1-5-11(12)16-9-13(19-14(16)18)10-4-3-7-15-8-10/h1-2,5-6,10,13,15,17H,3-4,7-9H2. The van der Waals surface area contributed by atoms with Gasteiger partial charge in [-0.3, -0.25) is 4.90 Å². The van der Waals surface area contributed by atoms with E-state index >= 15 is 0 Å². The molecule has 3 rings (SSSR count). The van der Waals surface area contributed by atoms with Gasteiger partial charge in [-0.1, -0.05) is 12.1 Å². The Labute approximate surface area is 112 Å². The molecule has 5 nitrogen and oxygen atoms in total. The molecular formula is C14H18N2O3. The van der Waals surface area contributed by atoms with Crippen LogP contribution in [0.3, 0.4) is 0 Å². The van der Waals surface area contributed by atoms with E-state index in [2.05, 4.69) is 5.32 Å². The maximum Gasteiger partial charge on any atom is 0.414 e. The van der Waals surface area contributed by atoms with Crippen molar-refractivity contribution in [1.29, 1.82) is 0 Å². The molecule has 2 aliphatic rings. The maximum atomic E-state index is 12.0. The lowest BCUT2D eigenvalue weighted by Gasteiger charge is -2.26. The Morgan fingerprint density at radius 1 is 1.37 bits per heavy atom. The molecule has 0 bridgehead atoms. The number of nitrogens with one attached hydrogen (secondary N) is 1. The van der Waals surface area contributed by atoms with Crippen LogP contribution in [0, 0.1) is 5.92 Å². The molecule has 0 aromatic heterocycles. The number of phenolic OH excluding ortho intramolecular Hbond substituents is 1. The number of ether oxygens (including phenoxy) is 1. The van der Waals surface area contributed by atoms with Crippen LogP contribution in [0.1, 0.15) is 12.8 Å². The molecule has 2 fully saturated rings. The van der Waals surface area contributed by atoms with Crippen molar-refractivity contribution in [2.75, 3.05) is 24.5 Å². The highest BCUT2D eigenvalue weighted by Gasteiger charge is 2.38. The third-order valence-corrected chi connectivity index (χ3v) is 3.87. The third kappa shape index (κ3) is 2.38. The van der Waals surface area contributed by atoms with Gasteiger partial charge in [0, 0.05) is 12.5 Å². The van der Waals surface area contributed by atoms with Gasteiger partial charge in [-0.2, -0.15) is 0 Å². The number of rotatable bonds is 2. The number of cyclic esters (lactones) is 1. The zero-order valence-electron chi connectivity index (χ0n) is 10.7. The number of anilines is 1. The Hall–Kier alpha value is -1.75. The van der Waals surface area contributed by atoms with Crippen molar-refractivity contribution in [2.45, 2.75) is 18.9 Å². The summed E-state index contributed by atoms with van der Waals surface area (Å²) in [7, 11) is 0. The molecule has 5 heteroatoms. The number of hydrogen-bond acceptors (Lipinski definition) is 4. The van der Waals surface area contributed by atoms with E-state index in [9.17, 15) is 9.90 Å². The van der Waals surface area contributed by atoms with Crippen LogP contribution >= 0.6 is 0 Å². The Morgan fingerprint density at radius 2 is 2.21 bits per heavy atom. The summed E-state index contributed by atoms with van der Waals surface area (Å²) in [5.41, 5.74) is 0.527. The SMILES string of the molecule is O=C1OC(C2CCCNC2)CN1c1ccccc1O. The number of carbonyl (C=O) groups is 1. The summed E-state index contributed by atoms with van der Waals surface area (Å²) in [5.74, 6) is 0.482. The number of hydrogen-bond donors (Lipinski definition) is 2. The molecule has 1 aromatic rings. The lowest BCUT2D eigenvalue weighted by atomic mass is 9.94. The summed E-state index contributed by atoms with van der Waals surface area (Å²) in [6.07, 6.45) is 1.76. The molecule has 19 heavy (non-hydrogen) atoms. The minimum absolute atomic E-state index is 0.0834. The molecule has 2 N–H and O–H groups in total. The molecule has 2 saturated heterocycles. The molecule has 0 spiro atoms. The average Bonchev–Trinajstić information content (AvgIpc) is 2.82. The maximum absolute atomic E-state index is 12.0. The summed E-state index contributed by atoms with van der Waals surface area (Å²) in [4.78, 5) is 13.5. The summed E-state index contributed by atoms with van der Waals surface area (Å²) in [6.45, 7) is 2.45. The molecule has 2 unspecified atom stereocenters. The van der Waals surface area contributed by atoms with Crippen LogP contribution < -0.4 is 10.2 Å². The molecule has 2 atom stereocenters. The number of phenols is 1. The minimum Gasteiger partial charge on any atom is -0.506 e. The monoisotopic (exact) mass is 262 g/mol. The first-order valence-electron chi connectivity index (χ1n) is 6.72. The first-order valence-corrected chi connectivity index (χ1v) is 6.72. The van der Waals surface area contributed by atoms with E-state index in [0.29, 0.717) is 18.2 Å². The molecule has 0 saturated carbocycles. The highest BCUT2D eigenvalue weighted by Crippen LogP contribution is 2.32. The largest absolute Gasteiger partial charge is 0.506 e. The summed E-state index contributed by atoms with van der Waals surface area (Å²) >= 11 is 0. The number of carbonyl (C=O) groups excluding carboxylic acids is 1. The molecule has 1 aromatic carbocycles. The molecular weight excluding hydrogens is 244 g/mol. The molecule has 2 heterocycles. The van der Waals surface area contributed by atoms with Crippen molar-refractivity contribution in [3.8, 4) is 5.75 Å². The third-order valence-electron chi connectivity index (χ3n) is 3.87. The van der Waals surface area contributed by atoms with Crippen LogP contribution in [0.15, 0.2) is 24.3 Å². The molecule has 0 aliphatic carbocycles. The van der Waals surface area contributed by atoms with Gasteiger partial charge >= 0.3 is 6.09 Å². The van der Waals surface area contributed by atoms with Gasteiger partial charge < -0.3 is 15.2 Å². The quantitative estimate of drug-likeness (QED) is 0.852. The first-order chi connectivity index (χ1) is 9.25. The van der Waals surface area contributed by atoms with E-state index in [1.54, 1.807) is 24.3 Å². The Bertz CT molecular complexity index is 472. The Morgan fingerprint density at radius 3 is 2.95 bits per heavy atom. The Balaban J connectivity index is 1.75. The zero-order chi connectivity index (χ0) is 13.2. The van der Waals surface area contributed by atoms with Gasteiger partial charge in [0.05, 0.1) is 12.2 Å². The van der Waals surface area contributed by atoms with Crippen molar-refractivity contribution >= 4 is 11.8 Å². The van der Waals surface area contributed by atoms with Crippen LogP contribution in [0.4, 0.5) is 10.5 Å². The summed E-state index contributed by atoms with van der Waals surface area (Å²) in [5, 5.41) is 13.2. The van der Waals surface area contributed by atoms with Crippen LogP contribution in [0.25, 0.3) is 0 Å². The highest BCUT2D eigenvalue weighted by molar-refractivity contribution is 5.91. The second kappa shape index (κ2) is 5.09. The van der Waals surface area contributed by atoms with Gasteiger partial charge in [0.1, 0.15) is 11.9 Å². The average molecular weight is 262 g/mol. The summed E-state index contributed by atoms with van der Waals surface area (Å²) in [6, 6.07) is 6.86. The van der Waals surface area contributed by atoms with Crippen molar-refractivity contribution in [3.05, 3.63) is 24.3 Å². The second-order valence-electron chi connectivity index (χ2n) is 5.13. The van der Waals surface area contributed by atoms with Gasteiger partial charge in [0.25, 0.3) is 0 Å². The number of para-hydroxylation sites is 2. The van der Waals surface area contributed by atoms with Crippen LogP contribution in [0.5, 0.6) is 5.75 Å². The lowest BCUT2D eigenvalue weighted by Crippen LogP contribution is -2.38. The van der Waals surface area contributed by atoms with Crippen molar-refractivity contribution < 1.29 is 14.6 Å². The predicted molar refractivity (Wildman–Crippen MR) is 71.3 cm³/mol. The van der Waals surface area contributed by atoms with E-state index in [4.69, 9.17) is 4.74 Å². The second-order valence-corrected chi connectivity index (χ2v) is 5.13. The van der Waals surface area contributed by atoms with Crippen LogP contribution in [-0.4, -0.2) is 36.9 Å². The smallest absolute Gasteiger partial charge is 0.414 e. The first kappa shape index (κ1) is 12.3. The van der Waals surface area contributed by atoms with Gasteiger partial charge in [0.15, 0.2) is 0 Å². The van der Waals surface area contributed by atoms with E-state index in [0.717, 1.165) is 25.9 Å². The minimum atomic E-state index is -0.364. The van der Waals surface area contributed by atoms with E-state index in [1.165, 1.54) is 4.90 Å². The van der Waals surface area contributed by atoms with Crippen LogP contribution in [0.2, 0.25) is 0 Å². The van der Waals surface area contributed by atoms with Crippen molar-refractivity contribution in [3.63, 3.8) is 0 Å². The van der Waals surface area contributed by atoms with Crippen molar-refractivity contribution in [2.24, 2.45) is 5.92 Å². The predicted octanol–water partition coefficient (Wildman–Crippen LogP) is 1.72. The van der Waals surface area contributed by atoms with Gasteiger partial charge in [-0.25, -0.2) is 4.79 Å². The highest BCUT2D eigenvalue weighted by atomic mass is 16.6. The number of piperidine rings is 1. The number of benzene rings is 1. The van der Waals surface area contributed by atoms with Crippen molar-refractivity contribution in [1.82, 2.24) is 5.32 Å². The summed E-state index contributed by atoms with van der Waals surface area (Å²) < 4.78 is 5.46.